The van der Waals surface area contributed by atoms with Crippen LogP contribution in [0.3, 0.4) is 0 Å². The number of aryl methyl sites for hydroxylation is 1. The van der Waals surface area contributed by atoms with Crippen LogP contribution in [0.1, 0.15) is 17.8 Å². The van der Waals surface area contributed by atoms with Crippen LogP contribution in [0.25, 0.3) is 0 Å². The van der Waals surface area contributed by atoms with Crippen LogP contribution in [0, 0.1) is 5.92 Å². The summed E-state index contributed by atoms with van der Waals surface area (Å²) in [7, 11) is 0. The molecule has 0 bridgehead atoms. The molecule has 2 aromatic heterocycles. The van der Waals surface area contributed by atoms with E-state index in [-0.39, 0.29) is 11.8 Å². The molecular weight excluding hydrogens is 306 g/mol. The lowest BCUT2D eigenvalue weighted by molar-refractivity contribution is -0.120. The summed E-state index contributed by atoms with van der Waals surface area (Å²) in [6.07, 6.45) is 4.49. The van der Waals surface area contributed by atoms with Gasteiger partial charge in [-0.25, -0.2) is 14.6 Å². The summed E-state index contributed by atoms with van der Waals surface area (Å²) in [6.45, 7) is 1.33. The number of benzene rings is 1. The Hall–Kier alpha value is -3.03. The minimum Gasteiger partial charge on any atom is -0.293 e. The van der Waals surface area contributed by atoms with Gasteiger partial charge < -0.3 is 0 Å². The highest BCUT2D eigenvalue weighted by Crippen LogP contribution is 2.19. The third-order valence-electron chi connectivity index (χ3n) is 4.14. The van der Waals surface area contributed by atoms with E-state index >= 15 is 0 Å². The van der Waals surface area contributed by atoms with Crippen molar-refractivity contribution in [3.8, 4) is 0 Å². The highest BCUT2D eigenvalue weighted by Gasteiger charge is 2.26. The average molecular weight is 323 g/mol. The number of carbonyl (C=O) groups excluding carboxylic acids is 1. The molecule has 4 rings (SSSR count). The van der Waals surface area contributed by atoms with E-state index in [1.165, 1.54) is 6.33 Å². The summed E-state index contributed by atoms with van der Waals surface area (Å²) in [5.41, 5.74) is 1.13. The van der Waals surface area contributed by atoms with Crippen LogP contribution in [-0.2, 0) is 24.3 Å². The first kappa shape index (κ1) is 14.6. The molecule has 122 valence electrons. The van der Waals surface area contributed by atoms with E-state index in [1.54, 1.807) is 11.0 Å². The lowest BCUT2D eigenvalue weighted by Gasteiger charge is -2.20. The van der Waals surface area contributed by atoms with Gasteiger partial charge in [-0.15, -0.1) is 5.10 Å². The normalized spacial score (nSPS) is 16.6. The van der Waals surface area contributed by atoms with E-state index in [2.05, 4.69) is 25.5 Å². The summed E-state index contributed by atoms with van der Waals surface area (Å²) >= 11 is 0. The fraction of sp³-hybridized carbons (Fsp3) is 0.312. The summed E-state index contributed by atoms with van der Waals surface area (Å²) in [5, 5.41) is 11.2. The molecule has 1 atom stereocenters. The zero-order chi connectivity index (χ0) is 16.4. The number of hydrogen-bond acceptors (Lipinski definition) is 5. The van der Waals surface area contributed by atoms with Crippen molar-refractivity contribution in [2.75, 3.05) is 5.32 Å². The van der Waals surface area contributed by atoms with Gasteiger partial charge in [0.25, 0.3) is 0 Å². The fourth-order valence-corrected chi connectivity index (χ4v) is 2.87. The van der Waals surface area contributed by atoms with Crippen LogP contribution < -0.4 is 5.32 Å². The van der Waals surface area contributed by atoms with Gasteiger partial charge in [-0.3, -0.25) is 14.8 Å². The molecule has 8 nitrogen and oxygen atoms in total. The van der Waals surface area contributed by atoms with Crippen LogP contribution in [0.15, 0.2) is 43.0 Å². The van der Waals surface area contributed by atoms with E-state index in [9.17, 15) is 4.79 Å². The van der Waals surface area contributed by atoms with E-state index in [4.69, 9.17) is 0 Å². The Kier molecular flexibility index (Phi) is 3.78. The molecule has 1 N–H and O–H groups in total. The Morgan fingerprint density at radius 1 is 1.25 bits per heavy atom. The third kappa shape index (κ3) is 3.03. The van der Waals surface area contributed by atoms with Crippen LogP contribution in [-0.4, -0.2) is 35.4 Å². The van der Waals surface area contributed by atoms with Crippen molar-refractivity contribution in [2.45, 2.75) is 25.9 Å². The van der Waals surface area contributed by atoms with Gasteiger partial charge in [-0.1, -0.05) is 30.3 Å². The summed E-state index contributed by atoms with van der Waals surface area (Å²) in [5.74, 6) is 0.997. The van der Waals surface area contributed by atoms with Crippen molar-refractivity contribution in [3.63, 3.8) is 0 Å². The van der Waals surface area contributed by atoms with Gasteiger partial charge in [0.15, 0.2) is 0 Å². The van der Waals surface area contributed by atoms with Crippen molar-refractivity contribution >= 4 is 11.9 Å². The Morgan fingerprint density at radius 2 is 2.12 bits per heavy atom. The molecule has 1 amide bonds. The van der Waals surface area contributed by atoms with Crippen LogP contribution in [0.4, 0.5) is 5.95 Å². The molecule has 0 radical (unpaired) electrons. The van der Waals surface area contributed by atoms with Gasteiger partial charge >= 0.3 is 0 Å². The highest BCUT2D eigenvalue weighted by molar-refractivity contribution is 5.91. The number of amides is 1. The molecule has 0 aliphatic carbocycles. The number of carbonyl (C=O) groups is 1. The zero-order valence-corrected chi connectivity index (χ0v) is 13.0. The van der Waals surface area contributed by atoms with Crippen LogP contribution in [0.2, 0.25) is 0 Å². The predicted molar refractivity (Wildman–Crippen MR) is 86.0 cm³/mol. The Bertz CT molecular complexity index is 839. The van der Waals surface area contributed by atoms with E-state index in [0.717, 1.165) is 17.8 Å². The second kappa shape index (κ2) is 6.23. The van der Waals surface area contributed by atoms with Gasteiger partial charge in [0, 0.05) is 18.9 Å². The predicted octanol–water partition coefficient (Wildman–Crippen LogP) is 1.12. The van der Waals surface area contributed by atoms with Crippen LogP contribution >= 0.6 is 0 Å². The molecule has 8 heteroatoms. The van der Waals surface area contributed by atoms with E-state index in [0.29, 0.717) is 25.5 Å². The molecule has 3 heterocycles. The first-order valence-corrected chi connectivity index (χ1v) is 7.89. The van der Waals surface area contributed by atoms with Crippen molar-refractivity contribution in [1.29, 1.82) is 0 Å². The monoisotopic (exact) mass is 323 g/mol. The van der Waals surface area contributed by atoms with Gasteiger partial charge in [-0.05, 0) is 12.0 Å². The van der Waals surface area contributed by atoms with Crippen LogP contribution in [0.5, 0.6) is 0 Å². The number of aromatic nitrogens is 6. The maximum absolute atomic E-state index is 12.4. The Balaban J connectivity index is 1.38. The number of anilines is 1. The van der Waals surface area contributed by atoms with Gasteiger partial charge in [-0.2, -0.15) is 5.10 Å². The Labute approximate surface area is 138 Å². The molecular formula is C16H17N7O. The molecule has 0 fully saturated rings. The van der Waals surface area contributed by atoms with E-state index in [1.807, 2.05) is 35.0 Å². The number of nitrogens with zero attached hydrogens (tertiary/aromatic N) is 6. The molecule has 0 saturated carbocycles. The molecule has 1 aliphatic rings. The van der Waals surface area contributed by atoms with Crippen molar-refractivity contribution in [1.82, 2.24) is 29.5 Å². The maximum atomic E-state index is 12.4. The summed E-state index contributed by atoms with van der Waals surface area (Å²) < 4.78 is 3.55. The number of hydrogen-bond donors (Lipinski definition) is 1. The number of nitrogens with one attached hydrogen (secondary N) is 1. The van der Waals surface area contributed by atoms with Crippen molar-refractivity contribution < 1.29 is 4.79 Å². The largest absolute Gasteiger partial charge is 0.293 e. The van der Waals surface area contributed by atoms with Gasteiger partial charge in [0.1, 0.15) is 18.5 Å². The summed E-state index contributed by atoms with van der Waals surface area (Å²) in [4.78, 5) is 20.8. The minimum absolute atomic E-state index is 0.0679. The average Bonchev–Trinajstić information content (AvgIpc) is 3.24. The maximum Gasteiger partial charge on any atom is 0.248 e. The molecule has 0 spiro atoms. The second-order valence-electron chi connectivity index (χ2n) is 5.83. The zero-order valence-electron chi connectivity index (χ0n) is 13.0. The standard InChI is InChI=1S/C16H17N7O/c24-15(13-6-7-23-14(8-13)17-10-19-23)20-16-18-11-22(21-16)9-12-4-2-1-3-5-12/h1-5,10-11,13H,6-9H2,(H,20,21,24). The highest BCUT2D eigenvalue weighted by atomic mass is 16.2. The lowest BCUT2D eigenvalue weighted by atomic mass is 9.97. The number of fused-ring (bicyclic) bond motifs is 1. The molecule has 3 aromatic rings. The minimum atomic E-state index is -0.122. The van der Waals surface area contributed by atoms with Gasteiger partial charge in [0.05, 0.1) is 6.54 Å². The molecule has 1 aliphatic heterocycles. The molecule has 1 aromatic carbocycles. The van der Waals surface area contributed by atoms with E-state index < -0.39 is 0 Å². The molecule has 0 saturated heterocycles. The Morgan fingerprint density at radius 3 is 3.00 bits per heavy atom. The topological polar surface area (TPSA) is 90.5 Å². The third-order valence-corrected chi connectivity index (χ3v) is 4.14. The summed E-state index contributed by atoms with van der Waals surface area (Å²) in [6, 6.07) is 9.99. The smallest absolute Gasteiger partial charge is 0.248 e. The first-order valence-electron chi connectivity index (χ1n) is 7.89. The fourth-order valence-electron chi connectivity index (χ4n) is 2.87. The lowest BCUT2D eigenvalue weighted by Crippen LogP contribution is -2.31. The van der Waals surface area contributed by atoms with Gasteiger partial charge in [0.2, 0.25) is 11.9 Å². The van der Waals surface area contributed by atoms with Crippen molar-refractivity contribution in [3.05, 3.63) is 54.4 Å². The molecule has 24 heavy (non-hydrogen) atoms. The quantitative estimate of drug-likeness (QED) is 0.777. The second-order valence-corrected chi connectivity index (χ2v) is 5.83. The molecule has 1 unspecified atom stereocenters. The SMILES string of the molecule is O=C(Nc1ncn(Cc2ccccc2)n1)C1CCn2ncnc2C1. The van der Waals surface area contributed by atoms with Crippen molar-refractivity contribution in [2.24, 2.45) is 5.92 Å². The number of rotatable bonds is 4. The first-order chi connectivity index (χ1) is 11.8.